The van der Waals surface area contributed by atoms with Gasteiger partial charge in [0.25, 0.3) is 5.56 Å². The smallest absolute Gasteiger partial charge is 0.331 e. The van der Waals surface area contributed by atoms with Crippen molar-refractivity contribution >= 4 is 0 Å². The fourth-order valence-corrected chi connectivity index (χ4v) is 0.961. The topological polar surface area (TPSA) is 75.1 Å². The van der Waals surface area contributed by atoms with E-state index >= 15 is 0 Å². The molecule has 0 spiro atoms. The summed E-state index contributed by atoms with van der Waals surface area (Å²) in [5.74, 6) is -2.50. The number of aromatic hydroxyl groups is 1. The number of H-pyrrole nitrogens is 1. The number of rotatable bonds is 3. The highest BCUT2D eigenvalue weighted by molar-refractivity contribution is 5.09. The van der Waals surface area contributed by atoms with Gasteiger partial charge in [-0.25, -0.2) is 4.79 Å². The second kappa shape index (κ2) is 4.03. The van der Waals surface area contributed by atoms with E-state index in [4.69, 9.17) is 5.11 Å². The number of nitrogens with one attached hydrogen (secondary N) is 1. The Kier molecular flexibility index (Phi) is 3.00. The van der Waals surface area contributed by atoms with Crippen LogP contribution in [0.4, 0.5) is 8.78 Å². The largest absolute Gasteiger partial charge is 0.492 e. The lowest BCUT2D eigenvalue weighted by Gasteiger charge is -2.05. The number of halogens is 2. The number of hydrogen-bond acceptors (Lipinski definition) is 3. The van der Waals surface area contributed by atoms with Gasteiger partial charge in [0.1, 0.15) is 0 Å². The SMILES string of the molecule is O=c1[nH]c(=O)n(CCCF)c(O)c1F. The summed E-state index contributed by atoms with van der Waals surface area (Å²) in [5, 5.41) is 9.03. The maximum atomic E-state index is 12.8. The molecule has 0 atom stereocenters. The van der Waals surface area contributed by atoms with E-state index in [2.05, 4.69) is 0 Å². The zero-order valence-electron chi connectivity index (χ0n) is 7.09. The molecule has 0 aliphatic heterocycles. The van der Waals surface area contributed by atoms with E-state index in [-0.39, 0.29) is 13.0 Å². The molecule has 0 unspecified atom stereocenters. The quantitative estimate of drug-likeness (QED) is 0.715. The molecule has 0 saturated heterocycles. The number of aromatic nitrogens is 2. The Balaban J connectivity index is 3.23. The van der Waals surface area contributed by atoms with Crippen LogP contribution in [0, 0.1) is 5.82 Å². The summed E-state index contributed by atoms with van der Waals surface area (Å²) < 4.78 is 25.1. The molecule has 0 radical (unpaired) electrons. The summed E-state index contributed by atoms with van der Waals surface area (Å²) >= 11 is 0. The van der Waals surface area contributed by atoms with Gasteiger partial charge >= 0.3 is 5.69 Å². The van der Waals surface area contributed by atoms with E-state index in [1.165, 1.54) is 0 Å². The summed E-state index contributed by atoms with van der Waals surface area (Å²) in [6.45, 7) is -0.887. The van der Waals surface area contributed by atoms with Crippen molar-refractivity contribution in [1.82, 2.24) is 9.55 Å². The maximum absolute atomic E-state index is 12.8. The van der Waals surface area contributed by atoms with Gasteiger partial charge in [0.05, 0.1) is 6.67 Å². The maximum Gasteiger partial charge on any atom is 0.331 e. The monoisotopic (exact) mass is 206 g/mol. The van der Waals surface area contributed by atoms with E-state index < -0.39 is 29.6 Å². The molecular weight excluding hydrogens is 198 g/mol. The van der Waals surface area contributed by atoms with Crippen LogP contribution >= 0.6 is 0 Å². The minimum absolute atomic E-state index is 0.0427. The molecule has 0 aliphatic carbocycles. The van der Waals surface area contributed by atoms with Crippen LogP contribution in [-0.2, 0) is 6.54 Å². The van der Waals surface area contributed by atoms with Crippen LogP contribution in [0.3, 0.4) is 0 Å². The van der Waals surface area contributed by atoms with Crippen molar-refractivity contribution < 1.29 is 13.9 Å². The molecule has 0 saturated carbocycles. The lowest BCUT2D eigenvalue weighted by atomic mass is 10.4. The van der Waals surface area contributed by atoms with Crippen LogP contribution in [-0.4, -0.2) is 21.3 Å². The van der Waals surface area contributed by atoms with Crippen molar-refractivity contribution in [3.8, 4) is 5.88 Å². The Hall–Kier alpha value is -1.66. The molecule has 1 rings (SSSR count). The Bertz CT molecular complexity index is 438. The molecular formula is C7H8F2N2O3. The average Bonchev–Trinajstić information content (AvgIpc) is 2.14. The van der Waals surface area contributed by atoms with E-state index in [1.807, 2.05) is 0 Å². The first-order valence-corrected chi connectivity index (χ1v) is 3.85. The minimum Gasteiger partial charge on any atom is -0.492 e. The Morgan fingerprint density at radius 2 is 2.07 bits per heavy atom. The molecule has 78 valence electrons. The zero-order chi connectivity index (χ0) is 10.7. The van der Waals surface area contributed by atoms with Crippen molar-refractivity contribution in [2.75, 3.05) is 6.67 Å². The normalized spacial score (nSPS) is 10.4. The van der Waals surface area contributed by atoms with Crippen LogP contribution in [0.15, 0.2) is 9.59 Å². The van der Waals surface area contributed by atoms with Gasteiger partial charge in [-0.05, 0) is 6.42 Å². The molecule has 0 aliphatic rings. The predicted octanol–water partition coefficient (Wildman–Crippen LogP) is -0.259. The molecule has 14 heavy (non-hydrogen) atoms. The van der Waals surface area contributed by atoms with Gasteiger partial charge in [0, 0.05) is 6.54 Å². The van der Waals surface area contributed by atoms with Crippen molar-refractivity contribution in [3.05, 3.63) is 26.7 Å². The number of hydrogen-bond donors (Lipinski definition) is 2. The Morgan fingerprint density at radius 3 is 2.64 bits per heavy atom. The highest BCUT2D eigenvalue weighted by atomic mass is 19.1. The summed E-state index contributed by atoms with van der Waals surface area (Å²) in [4.78, 5) is 23.2. The van der Waals surface area contributed by atoms with Crippen LogP contribution in [0.2, 0.25) is 0 Å². The van der Waals surface area contributed by atoms with Crippen molar-refractivity contribution in [2.45, 2.75) is 13.0 Å². The Morgan fingerprint density at radius 1 is 1.43 bits per heavy atom. The number of aromatic amines is 1. The van der Waals surface area contributed by atoms with Crippen molar-refractivity contribution in [2.24, 2.45) is 0 Å². The van der Waals surface area contributed by atoms with Crippen LogP contribution < -0.4 is 11.2 Å². The van der Waals surface area contributed by atoms with E-state index in [0.717, 1.165) is 0 Å². The van der Waals surface area contributed by atoms with Crippen LogP contribution in [0.5, 0.6) is 5.88 Å². The van der Waals surface area contributed by atoms with E-state index in [0.29, 0.717) is 4.57 Å². The predicted molar refractivity (Wildman–Crippen MR) is 43.5 cm³/mol. The fourth-order valence-electron chi connectivity index (χ4n) is 0.961. The summed E-state index contributed by atoms with van der Waals surface area (Å²) in [5.41, 5.74) is -2.24. The molecule has 2 N–H and O–H groups in total. The van der Waals surface area contributed by atoms with Gasteiger partial charge in [0.2, 0.25) is 11.7 Å². The molecule has 1 aromatic rings. The van der Waals surface area contributed by atoms with E-state index in [1.54, 1.807) is 4.98 Å². The number of alkyl halides is 1. The van der Waals surface area contributed by atoms with Gasteiger partial charge in [0.15, 0.2) is 0 Å². The second-order valence-corrected chi connectivity index (χ2v) is 2.59. The lowest BCUT2D eigenvalue weighted by molar-refractivity contribution is 0.347. The highest BCUT2D eigenvalue weighted by Gasteiger charge is 2.12. The molecule has 7 heteroatoms. The summed E-state index contributed by atoms with van der Waals surface area (Å²) in [6.07, 6.45) is -0.0427. The molecule has 1 aromatic heterocycles. The molecule has 0 amide bonds. The fraction of sp³-hybridized carbons (Fsp3) is 0.429. The van der Waals surface area contributed by atoms with Gasteiger partial charge < -0.3 is 5.11 Å². The second-order valence-electron chi connectivity index (χ2n) is 2.59. The third-order valence-electron chi connectivity index (χ3n) is 1.63. The van der Waals surface area contributed by atoms with E-state index in [9.17, 15) is 18.4 Å². The molecule has 0 bridgehead atoms. The van der Waals surface area contributed by atoms with Gasteiger partial charge in [-0.2, -0.15) is 4.39 Å². The zero-order valence-corrected chi connectivity index (χ0v) is 7.09. The molecule has 0 aromatic carbocycles. The van der Waals surface area contributed by atoms with Crippen molar-refractivity contribution in [1.29, 1.82) is 0 Å². The standard InChI is InChI=1S/C7H8F2N2O3/c8-2-1-3-11-6(13)4(9)5(12)10-7(11)14/h13H,1-3H2,(H,10,12,14). The van der Waals surface area contributed by atoms with Gasteiger partial charge in [-0.1, -0.05) is 0 Å². The molecule has 0 fully saturated rings. The third-order valence-corrected chi connectivity index (χ3v) is 1.63. The van der Waals surface area contributed by atoms with Gasteiger partial charge in [-0.3, -0.25) is 18.7 Å². The number of nitrogens with zero attached hydrogens (tertiary/aromatic N) is 1. The Labute approximate surface area is 76.6 Å². The summed E-state index contributed by atoms with van der Waals surface area (Å²) in [6, 6.07) is 0. The first kappa shape index (κ1) is 10.4. The average molecular weight is 206 g/mol. The van der Waals surface area contributed by atoms with Gasteiger partial charge in [-0.15, -0.1) is 0 Å². The first-order chi connectivity index (χ1) is 6.57. The first-order valence-electron chi connectivity index (χ1n) is 3.85. The minimum atomic E-state index is -1.44. The highest BCUT2D eigenvalue weighted by Crippen LogP contribution is 2.07. The van der Waals surface area contributed by atoms with Crippen LogP contribution in [0.1, 0.15) is 6.42 Å². The lowest BCUT2D eigenvalue weighted by Crippen LogP contribution is -2.32. The van der Waals surface area contributed by atoms with Crippen LogP contribution in [0.25, 0.3) is 0 Å². The third kappa shape index (κ3) is 1.81. The van der Waals surface area contributed by atoms with Crippen molar-refractivity contribution in [3.63, 3.8) is 0 Å². The molecule has 5 nitrogen and oxygen atoms in total. The summed E-state index contributed by atoms with van der Waals surface area (Å²) in [7, 11) is 0. The molecule has 1 heterocycles.